The minimum absolute atomic E-state index is 0.0390. The van der Waals surface area contributed by atoms with Gasteiger partial charge in [0.05, 0.1) is 22.2 Å². The molecule has 0 unspecified atom stereocenters. The quantitative estimate of drug-likeness (QED) is 0.217. The Labute approximate surface area is 263 Å². The second kappa shape index (κ2) is 12.4. The summed E-state index contributed by atoms with van der Waals surface area (Å²) in [6.07, 6.45) is -1.01. The van der Waals surface area contributed by atoms with Gasteiger partial charge in [0.2, 0.25) is 5.91 Å². The second-order valence-electron chi connectivity index (χ2n) is 10.8. The predicted octanol–water partition coefficient (Wildman–Crippen LogP) is 4.41. The number of benzene rings is 1. The van der Waals surface area contributed by atoms with E-state index in [1.165, 1.54) is 24.1 Å². The van der Waals surface area contributed by atoms with Crippen LogP contribution < -0.4 is 10.6 Å². The van der Waals surface area contributed by atoms with E-state index in [4.69, 9.17) is 0 Å². The zero-order valence-electron chi connectivity index (χ0n) is 25.0. The SMILES string of the molecule is Cc1ccnc(S(C)(=O)=O)c1-n1c(=O)nc(N2CCN(C(=O)/C=C/CF)C[C@@H]2C)c2cc(F)c(-c3c(F)cccc3C(F)(F)F)nc21. The number of piperazine rings is 1. The van der Waals surface area contributed by atoms with Crippen molar-refractivity contribution in [1.82, 2.24) is 24.4 Å². The molecule has 3 aromatic heterocycles. The zero-order valence-corrected chi connectivity index (χ0v) is 25.8. The van der Waals surface area contributed by atoms with E-state index in [1.807, 2.05) is 0 Å². The molecule has 1 aromatic carbocycles. The molecule has 5 rings (SSSR count). The van der Waals surface area contributed by atoms with E-state index in [9.17, 15) is 35.6 Å². The van der Waals surface area contributed by atoms with Crippen LogP contribution >= 0.6 is 0 Å². The lowest BCUT2D eigenvalue weighted by Gasteiger charge is -2.40. The van der Waals surface area contributed by atoms with Crippen molar-refractivity contribution in [1.29, 1.82) is 0 Å². The maximum absolute atomic E-state index is 15.9. The fourth-order valence-electron chi connectivity index (χ4n) is 5.49. The Hall–Kier alpha value is -4.80. The van der Waals surface area contributed by atoms with Crippen molar-refractivity contribution in [3.8, 4) is 16.9 Å². The van der Waals surface area contributed by atoms with Gasteiger partial charge >= 0.3 is 11.9 Å². The molecule has 0 spiro atoms. The number of carbonyl (C=O) groups is 1. The van der Waals surface area contributed by atoms with Crippen molar-refractivity contribution in [2.45, 2.75) is 31.1 Å². The molecule has 4 heterocycles. The Morgan fingerprint density at radius 1 is 1.11 bits per heavy atom. The molecule has 0 saturated carbocycles. The van der Waals surface area contributed by atoms with Gasteiger partial charge in [-0.1, -0.05) is 6.07 Å². The van der Waals surface area contributed by atoms with Gasteiger partial charge in [-0.05, 0) is 49.8 Å². The van der Waals surface area contributed by atoms with E-state index in [2.05, 4.69) is 15.0 Å². The van der Waals surface area contributed by atoms with Crippen molar-refractivity contribution in [2.24, 2.45) is 0 Å². The standard InChI is InChI=1S/C30H26F6N6O4S/c1-16-9-11-37-28(47(3,45)46)25(16)42-27-18(14-21(33)24(38-27)23-19(30(34,35)36)6-4-7-20(23)32)26(39-29(42)44)41-13-12-40(15-17(41)2)22(43)8-5-10-31/h4-9,11,14,17H,10,12-13,15H2,1-3H3/b8-5+/t17-/m0/s1. The van der Waals surface area contributed by atoms with Gasteiger partial charge in [-0.25, -0.2) is 40.9 Å². The highest BCUT2D eigenvalue weighted by Gasteiger charge is 2.37. The first-order valence-electron chi connectivity index (χ1n) is 14.0. The van der Waals surface area contributed by atoms with Crippen LogP contribution in [0.15, 0.2) is 58.5 Å². The van der Waals surface area contributed by atoms with Crippen LogP contribution in [-0.2, 0) is 20.8 Å². The molecule has 0 aliphatic carbocycles. The van der Waals surface area contributed by atoms with E-state index < -0.39 is 79.5 Å². The number of halogens is 6. The number of carbonyl (C=O) groups excluding carboxylic acids is 1. The molecule has 47 heavy (non-hydrogen) atoms. The van der Waals surface area contributed by atoms with Crippen LogP contribution in [0.25, 0.3) is 28.0 Å². The summed E-state index contributed by atoms with van der Waals surface area (Å²) in [4.78, 5) is 41.4. The Kier molecular flexibility index (Phi) is 8.87. The van der Waals surface area contributed by atoms with Crippen LogP contribution in [0.5, 0.6) is 0 Å². The first kappa shape index (κ1) is 33.6. The van der Waals surface area contributed by atoms with Crippen LogP contribution in [-0.4, -0.2) is 77.4 Å². The van der Waals surface area contributed by atoms with E-state index in [1.54, 1.807) is 11.8 Å². The number of sulfone groups is 1. The van der Waals surface area contributed by atoms with Crippen molar-refractivity contribution >= 4 is 32.6 Å². The minimum Gasteiger partial charge on any atom is -0.350 e. The van der Waals surface area contributed by atoms with Gasteiger partial charge in [0, 0.05) is 44.2 Å². The molecule has 0 bridgehead atoms. The lowest BCUT2D eigenvalue weighted by Crippen LogP contribution is -2.54. The smallest absolute Gasteiger partial charge is 0.350 e. The number of hydrogen-bond donors (Lipinski definition) is 0. The second-order valence-corrected chi connectivity index (χ2v) is 12.8. The number of amides is 1. The summed E-state index contributed by atoms with van der Waals surface area (Å²) < 4.78 is 112. The summed E-state index contributed by atoms with van der Waals surface area (Å²) in [6.45, 7) is 2.44. The molecule has 1 aliphatic rings. The molecule has 248 valence electrons. The van der Waals surface area contributed by atoms with Gasteiger partial charge in [0.15, 0.2) is 26.3 Å². The van der Waals surface area contributed by atoms with Gasteiger partial charge < -0.3 is 9.80 Å². The van der Waals surface area contributed by atoms with Crippen LogP contribution in [0.3, 0.4) is 0 Å². The molecule has 0 N–H and O–H groups in total. The molecule has 1 aliphatic heterocycles. The third kappa shape index (κ3) is 6.31. The molecule has 1 atom stereocenters. The lowest BCUT2D eigenvalue weighted by molar-refractivity contribution is -0.137. The number of alkyl halides is 4. The molecule has 1 amide bonds. The van der Waals surface area contributed by atoms with Crippen molar-refractivity contribution in [3.63, 3.8) is 0 Å². The highest BCUT2D eigenvalue weighted by atomic mass is 32.2. The van der Waals surface area contributed by atoms with E-state index in [0.717, 1.165) is 30.5 Å². The zero-order chi connectivity index (χ0) is 34.4. The molecule has 0 radical (unpaired) electrons. The summed E-state index contributed by atoms with van der Waals surface area (Å²) in [6, 6.07) is 3.59. The molecule has 1 saturated heterocycles. The molecule has 17 heteroatoms. The summed E-state index contributed by atoms with van der Waals surface area (Å²) in [5, 5.41) is -0.811. The van der Waals surface area contributed by atoms with Crippen molar-refractivity contribution < 1.29 is 39.6 Å². The average Bonchev–Trinajstić information content (AvgIpc) is 2.99. The summed E-state index contributed by atoms with van der Waals surface area (Å²) in [5.74, 6) is -3.46. The number of fused-ring (bicyclic) bond motifs is 1. The van der Waals surface area contributed by atoms with Gasteiger partial charge in [0.25, 0.3) is 0 Å². The lowest BCUT2D eigenvalue weighted by atomic mass is 10.0. The van der Waals surface area contributed by atoms with Crippen LogP contribution in [0.1, 0.15) is 18.1 Å². The van der Waals surface area contributed by atoms with Crippen molar-refractivity contribution in [3.05, 3.63) is 81.9 Å². The minimum atomic E-state index is -5.13. The molecule has 10 nitrogen and oxygen atoms in total. The van der Waals surface area contributed by atoms with E-state index in [0.29, 0.717) is 16.7 Å². The molecule has 4 aromatic rings. The monoisotopic (exact) mass is 680 g/mol. The Bertz CT molecular complexity index is 2100. The molecular formula is C30H26F6N6O4S. The van der Waals surface area contributed by atoms with Crippen LogP contribution in [0.4, 0.5) is 32.2 Å². The van der Waals surface area contributed by atoms with Crippen molar-refractivity contribution in [2.75, 3.05) is 37.5 Å². The van der Waals surface area contributed by atoms with Gasteiger partial charge in [0.1, 0.15) is 24.0 Å². The highest BCUT2D eigenvalue weighted by molar-refractivity contribution is 7.90. The Morgan fingerprint density at radius 3 is 2.47 bits per heavy atom. The number of nitrogens with zero attached hydrogens (tertiary/aromatic N) is 6. The third-order valence-electron chi connectivity index (χ3n) is 7.59. The number of anilines is 1. The van der Waals surface area contributed by atoms with Gasteiger partial charge in [-0.3, -0.25) is 4.79 Å². The van der Waals surface area contributed by atoms with E-state index >= 15 is 8.78 Å². The third-order valence-corrected chi connectivity index (χ3v) is 8.59. The summed E-state index contributed by atoms with van der Waals surface area (Å²) >= 11 is 0. The first-order valence-corrected chi connectivity index (χ1v) is 15.9. The van der Waals surface area contributed by atoms with Gasteiger partial charge in [-0.2, -0.15) is 18.2 Å². The maximum atomic E-state index is 15.9. The predicted molar refractivity (Wildman–Crippen MR) is 160 cm³/mol. The van der Waals surface area contributed by atoms with Crippen LogP contribution in [0.2, 0.25) is 0 Å². The van der Waals surface area contributed by atoms with Crippen LogP contribution in [0, 0.1) is 18.6 Å². The summed E-state index contributed by atoms with van der Waals surface area (Å²) in [7, 11) is -4.14. The summed E-state index contributed by atoms with van der Waals surface area (Å²) in [5.41, 5.74) is -5.65. The fourth-order valence-corrected chi connectivity index (χ4v) is 6.35. The number of rotatable bonds is 6. The first-order chi connectivity index (χ1) is 22.0. The topological polar surface area (TPSA) is 118 Å². The van der Waals surface area contributed by atoms with Gasteiger partial charge in [-0.15, -0.1) is 0 Å². The van der Waals surface area contributed by atoms with E-state index in [-0.39, 0.29) is 42.1 Å². The number of hydrogen-bond acceptors (Lipinski definition) is 8. The Morgan fingerprint density at radius 2 is 1.83 bits per heavy atom. The molecule has 1 fully saturated rings. The number of aryl methyl sites for hydroxylation is 1. The normalized spacial score (nSPS) is 16.0. The number of allylic oxidation sites excluding steroid dienone is 1. The number of pyridine rings is 2. The average molecular weight is 681 g/mol. The number of aromatic nitrogens is 4. The molecular weight excluding hydrogens is 654 g/mol. The highest BCUT2D eigenvalue weighted by Crippen LogP contribution is 2.40. The fraction of sp³-hybridized carbons (Fsp3) is 0.300. The maximum Gasteiger partial charge on any atom is 0.417 e. The largest absolute Gasteiger partial charge is 0.417 e. The Balaban J connectivity index is 1.83.